The van der Waals surface area contributed by atoms with Crippen LogP contribution >= 0.6 is 0 Å². The van der Waals surface area contributed by atoms with Crippen LogP contribution in [-0.2, 0) is 0 Å². The minimum absolute atomic E-state index is 0.480. The highest BCUT2D eigenvalue weighted by Gasteiger charge is 2.39. The molecule has 2 atom stereocenters. The summed E-state index contributed by atoms with van der Waals surface area (Å²) in [6.45, 7) is 8.83. The number of fused-ring (bicyclic) bond motifs is 2. The van der Waals surface area contributed by atoms with Crippen molar-refractivity contribution >= 4 is 0 Å². The van der Waals surface area contributed by atoms with E-state index >= 15 is 0 Å². The summed E-state index contributed by atoms with van der Waals surface area (Å²) in [4.78, 5) is 0. The molecule has 2 fully saturated rings. The van der Waals surface area contributed by atoms with Crippen molar-refractivity contribution in [2.45, 2.75) is 52.4 Å². The number of allylic oxidation sites excluding steroid dienone is 1. The smallest absolute Gasteiger partial charge is 0.0117 e. The summed E-state index contributed by atoms with van der Waals surface area (Å²) in [5.74, 6) is 2.04. The van der Waals surface area contributed by atoms with Gasteiger partial charge in [0.05, 0.1) is 0 Å². The minimum Gasteiger partial charge on any atom is -0.0996 e. The average molecular weight is 178 g/mol. The molecule has 2 rings (SSSR count). The lowest BCUT2D eigenvalue weighted by Crippen LogP contribution is -2.34. The summed E-state index contributed by atoms with van der Waals surface area (Å²) in [7, 11) is 0. The van der Waals surface area contributed by atoms with E-state index in [1.54, 1.807) is 0 Å². The average Bonchev–Trinajstić information content (AvgIpc) is 2.02. The van der Waals surface area contributed by atoms with E-state index in [1.807, 2.05) is 0 Å². The maximum Gasteiger partial charge on any atom is -0.0117 e. The van der Waals surface area contributed by atoms with E-state index in [9.17, 15) is 0 Å². The Morgan fingerprint density at radius 3 is 2.23 bits per heavy atom. The van der Waals surface area contributed by atoms with Gasteiger partial charge in [-0.15, -0.1) is 0 Å². The second kappa shape index (κ2) is 3.15. The molecular formula is C13H22. The summed E-state index contributed by atoms with van der Waals surface area (Å²) >= 11 is 0. The molecule has 2 bridgehead atoms. The Kier molecular flexibility index (Phi) is 2.25. The van der Waals surface area contributed by atoms with Crippen LogP contribution in [-0.4, -0.2) is 0 Å². The minimum atomic E-state index is 0.480. The van der Waals surface area contributed by atoms with E-state index in [1.165, 1.54) is 44.1 Å². The van der Waals surface area contributed by atoms with E-state index in [4.69, 9.17) is 0 Å². The molecule has 0 aliphatic heterocycles. The first-order valence-corrected chi connectivity index (χ1v) is 5.76. The molecular weight excluding hydrogens is 156 g/mol. The first-order valence-electron chi connectivity index (χ1n) is 5.76. The second-order valence-corrected chi connectivity index (χ2v) is 5.65. The second-order valence-electron chi connectivity index (χ2n) is 5.65. The SMILES string of the molecule is C=C(C)C1(C)CC2CCCC(C2)C1. The van der Waals surface area contributed by atoms with Crippen LogP contribution in [0.15, 0.2) is 12.2 Å². The van der Waals surface area contributed by atoms with Gasteiger partial charge in [-0.05, 0) is 43.4 Å². The first kappa shape index (κ1) is 9.30. The van der Waals surface area contributed by atoms with Gasteiger partial charge in [0, 0.05) is 0 Å². The summed E-state index contributed by atoms with van der Waals surface area (Å²) < 4.78 is 0. The maximum absolute atomic E-state index is 4.18. The topological polar surface area (TPSA) is 0 Å². The van der Waals surface area contributed by atoms with Crippen LogP contribution in [0.3, 0.4) is 0 Å². The fraction of sp³-hybridized carbons (Fsp3) is 0.846. The van der Waals surface area contributed by atoms with Gasteiger partial charge in [-0.1, -0.05) is 38.3 Å². The zero-order chi connectivity index (χ0) is 9.47. The summed E-state index contributed by atoms with van der Waals surface area (Å²) in [5.41, 5.74) is 1.90. The lowest BCUT2D eigenvalue weighted by molar-refractivity contribution is 0.0946. The number of hydrogen-bond donors (Lipinski definition) is 0. The van der Waals surface area contributed by atoms with Crippen LogP contribution in [0, 0.1) is 17.3 Å². The van der Waals surface area contributed by atoms with E-state index < -0.39 is 0 Å². The zero-order valence-corrected chi connectivity index (χ0v) is 9.10. The van der Waals surface area contributed by atoms with Crippen molar-refractivity contribution in [2.75, 3.05) is 0 Å². The van der Waals surface area contributed by atoms with Crippen molar-refractivity contribution in [1.29, 1.82) is 0 Å². The van der Waals surface area contributed by atoms with Gasteiger partial charge < -0.3 is 0 Å². The molecule has 0 aromatic carbocycles. The van der Waals surface area contributed by atoms with E-state index in [2.05, 4.69) is 20.4 Å². The van der Waals surface area contributed by atoms with Crippen molar-refractivity contribution in [1.82, 2.24) is 0 Å². The molecule has 0 amide bonds. The molecule has 13 heavy (non-hydrogen) atoms. The van der Waals surface area contributed by atoms with Gasteiger partial charge in [0.25, 0.3) is 0 Å². The van der Waals surface area contributed by atoms with Crippen LogP contribution in [0.1, 0.15) is 52.4 Å². The molecule has 0 nitrogen and oxygen atoms in total. The van der Waals surface area contributed by atoms with E-state index in [0.717, 1.165) is 11.8 Å². The van der Waals surface area contributed by atoms with Crippen LogP contribution in [0.2, 0.25) is 0 Å². The predicted molar refractivity (Wildman–Crippen MR) is 57.6 cm³/mol. The third kappa shape index (κ3) is 1.68. The van der Waals surface area contributed by atoms with Gasteiger partial charge in [-0.25, -0.2) is 0 Å². The Balaban J connectivity index is 2.13. The fourth-order valence-corrected chi connectivity index (χ4v) is 3.48. The number of hydrogen-bond acceptors (Lipinski definition) is 0. The molecule has 0 radical (unpaired) electrons. The van der Waals surface area contributed by atoms with Crippen molar-refractivity contribution in [3.05, 3.63) is 12.2 Å². The van der Waals surface area contributed by atoms with Gasteiger partial charge in [0.1, 0.15) is 0 Å². The highest BCUT2D eigenvalue weighted by molar-refractivity contribution is 5.09. The molecule has 0 aromatic rings. The van der Waals surface area contributed by atoms with Gasteiger partial charge in [-0.3, -0.25) is 0 Å². The fourth-order valence-electron chi connectivity index (χ4n) is 3.48. The quantitative estimate of drug-likeness (QED) is 0.529. The van der Waals surface area contributed by atoms with Crippen molar-refractivity contribution in [2.24, 2.45) is 17.3 Å². The highest BCUT2D eigenvalue weighted by Crippen LogP contribution is 2.51. The van der Waals surface area contributed by atoms with Crippen molar-refractivity contribution in [3.63, 3.8) is 0 Å². The molecule has 0 saturated heterocycles. The summed E-state index contributed by atoms with van der Waals surface area (Å²) in [5, 5.41) is 0. The standard InChI is InChI=1S/C13H22/c1-10(2)13(3)8-11-5-4-6-12(7-11)9-13/h11-12H,1,4-9H2,2-3H3. The molecule has 2 unspecified atom stereocenters. The maximum atomic E-state index is 4.18. The monoisotopic (exact) mass is 178 g/mol. The Hall–Kier alpha value is -0.260. The molecule has 0 spiro atoms. The molecule has 74 valence electrons. The van der Waals surface area contributed by atoms with Crippen LogP contribution in [0.25, 0.3) is 0 Å². The lowest BCUT2D eigenvalue weighted by atomic mass is 9.59. The Labute approximate surface area is 82.4 Å². The molecule has 2 aliphatic carbocycles. The summed E-state index contributed by atoms with van der Waals surface area (Å²) in [6.07, 6.45) is 8.81. The first-order chi connectivity index (χ1) is 6.10. The van der Waals surface area contributed by atoms with Gasteiger partial charge in [0.15, 0.2) is 0 Å². The molecule has 0 heterocycles. The molecule has 2 aliphatic rings. The third-order valence-corrected chi connectivity index (χ3v) is 4.40. The Bertz CT molecular complexity index is 202. The van der Waals surface area contributed by atoms with Gasteiger partial charge in [-0.2, -0.15) is 0 Å². The van der Waals surface area contributed by atoms with Crippen molar-refractivity contribution < 1.29 is 0 Å². The molecule has 0 N–H and O–H groups in total. The zero-order valence-electron chi connectivity index (χ0n) is 9.10. The number of rotatable bonds is 1. The normalized spacial score (nSPS) is 44.5. The molecule has 0 heteroatoms. The van der Waals surface area contributed by atoms with Crippen LogP contribution in [0.4, 0.5) is 0 Å². The molecule has 0 aromatic heterocycles. The van der Waals surface area contributed by atoms with E-state index in [-0.39, 0.29) is 0 Å². The predicted octanol–water partition coefficient (Wildman–Crippen LogP) is 4.17. The van der Waals surface area contributed by atoms with Crippen molar-refractivity contribution in [3.8, 4) is 0 Å². The summed E-state index contributed by atoms with van der Waals surface area (Å²) in [6, 6.07) is 0. The Morgan fingerprint density at radius 2 is 1.77 bits per heavy atom. The van der Waals surface area contributed by atoms with Gasteiger partial charge in [0.2, 0.25) is 0 Å². The van der Waals surface area contributed by atoms with Crippen LogP contribution < -0.4 is 0 Å². The molecule has 2 saturated carbocycles. The van der Waals surface area contributed by atoms with E-state index in [0.29, 0.717) is 5.41 Å². The third-order valence-electron chi connectivity index (χ3n) is 4.40. The van der Waals surface area contributed by atoms with Gasteiger partial charge >= 0.3 is 0 Å². The largest absolute Gasteiger partial charge is 0.0996 e. The lowest BCUT2D eigenvalue weighted by Gasteiger charge is -2.46. The van der Waals surface area contributed by atoms with Crippen LogP contribution in [0.5, 0.6) is 0 Å². The Morgan fingerprint density at radius 1 is 1.23 bits per heavy atom. The highest BCUT2D eigenvalue weighted by atomic mass is 14.4.